The molecule has 3 heterocycles. The van der Waals surface area contributed by atoms with Gasteiger partial charge in [-0.1, -0.05) is 99.6 Å². The first-order valence-corrected chi connectivity index (χ1v) is 15.8. The van der Waals surface area contributed by atoms with Gasteiger partial charge in [0.2, 0.25) is 5.88 Å². The second-order valence-electron chi connectivity index (χ2n) is 16.3. The minimum absolute atomic E-state index is 0.00444. The average Bonchev–Trinajstić information content (AvgIpc) is 2.93. The molecule has 1 aliphatic carbocycles. The lowest BCUT2D eigenvalue weighted by atomic mass is 9.34. The molecule has 0 fully saturated rings. The van der Waals surface area contributed by atoms with Gasteiger partial charge >= 0.3 is 0 Å². The highest BCUT2D eigenvalue weighted by Crippen LogP contribution is 2.48. The molecule has 0 atom stereocenters. The van der Waals surface area contributed by atoms with Crippen LogP contribution in [0.1, 0.15) is 104 Å². The fraction of sp³-hybridized carbons (Fsp3) is 0.421. The summed E-state index contributed by atoms with van der Waals surface area (Å²) in [5, 5.41) is 0. The summed E-state index contributed by atoms with van der Waals surface area (Å²) < 4.78 is 6.72. The van der Waals surface area contributed by atoms with E-state index >= 15 is 0 Å². The first kappa shape index (κ1) is 28.2. The van der Waals surface area contributed by atoms with Gasteiger partial charge in [-0.3, -0.25) is 4.90 Å². The van der Waals surface area contributed by atoms with Crippen LogP contribution in [0.15, 0.2) is 60.9 Å². The third kappa shape index (κ3) is 4.33. The minimum Gasteiger partial charge on any atom is -0.440 e. The van der Waals surface area contributed by atoms with Gasteiger partial charge in [-0.05, 0) is 91.9 Å². The lowest BCUT2D eigenvalue weighted by Crippen LogP contribution is -2.60. The Morgan fingerprint density at radius 3 is 1.95 bits per heavy atom. The van der Waals surface area contributed by atoms with E-state index in [4.69, 9.17) is 14.7 Å². The first-order valence-electron chi connectivity index (χ1n) is 15.8. The van der Waals surface area contributed by atoms with Crippen molar-refractivity contribution in [1.82, 2.24) is 9.97 Å². The van der Waals surface area contributed by atoms with Crippen molar-refractivity contribution in [3.63, 3.8) is 0 Å². The van der Waals surface area contributed by atoms with Crippen LogP contribution >= 0.6 is 0 Å². The van der Waals surface area contributed by atoms with Crippen LogP contribution in [0.4, 0.5) is 17.2 Å². The van der Waals surface area contributed by atoms with Gasteiger partial charge in [0, 0.05) is 16.8 Å². The van der Waals surface area contributed by atoms with Crippen molar-refractivity contribution in [1.29, 1.82) is 0 Å². The fourth-order valence-electron chi connectivity index (χ4n) is 7.32. The molecule has 0 spiro atoms. The lowest BCUT2D eigenvalue weighted by Gasteiger charge is -2.44. The summed E-state index contributed by atoms with van der Waals surface area (Å²) in [7, 11) is 0. The second-order valence-corrected chi connectivity index (χ2v) is 16.3. The Kier molecular flexibility index (Phi) is 5.88. The van der Waals surface area contributed by atoms with Crippen LogP contribution in [0, 0.1) is 0 Å². The number of nitrogens with zero attached hydrogens (tertiary/aromatic N) is 3. The second kappa shape index (κ2) is 8.97. The number of ether oxygens (including phenoxy) is 1. The van der Waals surface area contributed by atoms with Crippen LogP contribution in [0.2, 0.25) is 0 Å². The molecule has 4 nitrogen and oxygen atoms in total. The molecule has 7 rings (SSSR count). The van der Waals surface area contributed by atoms with E-state index in [0.29, 0.717) is 5.88 Å². The summed E-state index contributed by atoms with van der Waals surface area (Å²) in [6, 6.07) is 20.8. The Morgan fingerprint density at radius 1 is 0.721 bits per heavy atom. The third-order valence-electron chi connectivity index (χ3n) is 10.3. The highest BCUT2D eigenvalue weighted by molar-refractivity contribution is 6.99. The van der Waals surface area contributed by atoms with E-state index in [2.05, 4.69) is 129 Å². The van der Waals surface area contributed by atoms with Crippen LogP contribution in [-0.4, -0.2) is 16.7 Å². The van der Waals surface area contributed by atoms with Crippen LogP contribution < -0.4 is 26.0 Å². The summed E-state index contributed by atoms with van der Waals surface area (Å²) in [6.45, 7) is 23.2. The van der Waals surface area contributed by atoms with E-state index in [1.807, 2.05) is 0 Å². The van der Waals surface area contributed by atoms with Crippen LogP contribution in [0.3, 0.4) is 0 Å². The van der Waals surface area contributed by atoms with Crippen molar-refractivity contribution < 1.29 is 4.74 Å². The van der Waals surface area contributed by atoms with E-state index in [1.165, 1.54) is 51.7 Å². The van der Waals surface area contributed by atoms with Gasteiger partial charge in [-0.2, -0.15) is 0 Å². The van der Waals surface area contributed by atoms with Gasteiger partial charge < -0.3 is 4.74 Å². The molecule has 0 bridgehead atoms. The molecule has 2 aliphatic heterocycles. The number of hydrogen-bond acceptors (Lipinski definition) is 4. The summed E-state index contributed by atoms with van der Waals surface area (Å²) >= 11 is 0. The molecule has 0 N–H and O–H groups in total. The molecule has 1 aromatic heterocycles. The maximum atomic E-state index is 6.72. The number of rotatable bonds is 1. The van der Waals surface area contributed by atoms with Crippen LogP contribution in [0.5, 0.6) is 11.6 Å². The Hall–Kier alpha value is -3.60. The van der Waals surface area contributed by atoms with Crippen molar-refractivity contribution in [2.45, 2.75) is 104 Å². The Labute approximate surface area is 258 Å². The minimum atomic E-state index is -0.00444. The smallest absolute Gasteiger partial charge is 0.260 e. The quantitative estimate of drug-likeness (QED) is 0.189. The molecular formula is C38H44BN3O. The third-order valence-corrected chi connectivity index (χ3v) is 10.3. The molecule has 0 radical (unpaired) electrons. The highest BCUT2D eigenvalue weighted by atomic mass is 16.5. The zero-order valence-corrected chi connectivity index (χ0v) is 27.5. The van der Waals surface area contributed by atoms with Crippen molar-refractivity contribution in [2.24, 2.45) is 0 Å². The van der Waals surface area contributed by atoms with E-state index in [1.54, 1.807) is 6.33 Å². The molecule has 0 amide bonds. The van der Waals surface area contributed by atoms with E-state index < -0.39 is 0 Å². The topological polar surface area (TPSA) is 38.2 Å². The monoisotopic (exact) mass is 569 g/mol. The maximum absolute atomic E-state index is 6.72. The van der Waals surface area contributed by atoms with Gasteiger partial charge in [0.15, 0.2) is 0 Å². The van der Waals surface area contributed by atoms with Gasteiger partial charge in [-0.25, -0.2) is 9.97 Å². The predicted molar refractivity (Wildman–Crippen MR) is 181 cm³/mol. The number of hydrogen-bond donors (Lipinski definition) is 0. The largest absolute Gasteiger partial charge is 0.440 e. The molecular weight excluding hydrogens is 525 g/mol. The standard InChI is InChI=1S/C38H44BN3O/c1-35(2,3)23-11-14-25(15-12-23)42-30-19-24(36(4,5)6)13-16-28(30)39-29-20-26-27(38(9,10)18-17-37(26,7)8)21-31(29)43-34-32(39)33(42)40-22-41-34/h11-16,19-22H,17-18H2,1-10H3. The lowest BCUT2D eigenvalue weighted by molar-refractivity contribution is 0.330. The number of benzene rings is 3. The van der Waals surface area contributed by atoms with Crippen LogP contribution in [0.25, 0.3) is 0 Å². The molecule has 220 valence electrons. The van der Waals surface area contributed by atoms with Gasteiger partial charge in [0.25, 0.3) is 6.71 Å². The Balaban J connectivity index is 1.50. The van der Waals surface area contributed by atoms with Crippen molar-refractivity contribution >= 4 is 40.3 Å². The van der Waals surface area contributed by atoms with Gasteiger partial charge in [0.1, 0.15) is 17.9 Å². The zero-order chi connectivity index (χ0) is 30.7. The Morgan fingerprint density at radius 2 is 1.33 bits per heavy atom. The molecule has 0 saturated carbocycles. The fourth-order valence-corrected chi connectivity index (χ4v) is 7.32. The maximum Gasteiger partial charge on any atom is 0.260 e. The molecule has 5 heteroatoms. The summed E-state index contributed by atoms with van der Waals surface area (Å²) in [6.07, 6.45) is 4.00. The summed E-state index contributed by atoms with van der Waals surface area (Å²) in [5.74, 6) is 2.50. The molecule has 43 heavy (non-hydrogen) atoms. The van der Waals surface area contributed by atoms with Gasteiger partial charge in [-0.15, -0.1) is 0 Å². The number of fused-ring (bicyclic) bond motifs is 5. The number of anilines is 3. The predicted octanol–water partition coefficient (Wildman–Crippen LogP) is 7.83. The first-order chi connectivity index (χ1) is 20.1. The summed E-state index contributed by atoms with van der Waals surface area (Å²) in [5.41, 5.74) is 11.6. The molecule has 3 aliphatic rings. The number of aromatic nitrogens is 2. The highest BCUT2D eigenvalue weighted by Gasteiger charge is 2.46. The van der Waals surface area contributed by atoms with Crippen LogP contribution in [-0.2, 0) is 21.7 Å². The molecule has 0 saturated heterocycles. The zero-order valence-electron chi connectivity index (χ0n) is 27.5. The van der Waals surface area contributed by atoms with Crippen molar-refractivity contribution in [3.05, 3.63) is 83.2 Å². The molecule has 3 aromatic carbocycles. The Bertz CT molecular complexity index is 1770. The van der Waals surface area contributed by atoms with Gasteiger partial charge in [0.05, 0.1) is 0 Å². The summed E-state index contributed by atoms with van der Waals surface area (Å²) in [4.78, 5) is 12.0. The normalized spacial score (nSPS) is 17.8. The van der Waals surface area contributed by atoms with E-state index in [0.717, 1.165) is 22.7 Å². The van der Waals surface area contributed by atoms with E-state index in [-0.39, 0.29) is 28.4 Å². The molecule has 0 unspecified atom stereocenters. The average molecular weight is 570 g/mol. The van der Waals surface area contributed by atoms with Crippen molar-refractivity contribution in [2.75, 3.05) is 4.90 Å². The van der Waals surface area contributed by atoms with E-state index in [9.17, 15) is 0 Å². The van der Waals surface area contributed by atoms with Crippen molar-refractivity contribution in [3.8, 4) is 11.6 Å². The molecule has 4 aromatic rings. The SMILES string of the molecule is CC(C)(C)c1ccc(N2c3cc(C(C)(C)C)ccc3B3c4cc5c(cc4Oc4ncnc2c43)C(C)(C)CCC5(C)C)cc1.